The lowest BCUT2D eigenvalue weighted by Gasteiger charge is -2.10. The van der Waals surface area contributed by atoms with Crippen LogP contribution in [0.1, 0.15) is 24.2 Å². The summed E-state index contributed by atoms with van der Waals surface area (Å²) in [5.41, 5.74) is 0.261. The first-order valence-corrected chi connectivity index (χ1v) is 5.16. The van der Waals surface area contributed by atoms with Crippen LogP contribution in [0.4, 0.5) is 4.39 Å². The normalized spacial score (nSPS) is 10.2. The minimum atomic E-state index is -0.524. The topological polar surface area (TPSA) is 35.5 Å². The van der Waals surface area contributed by atoms with Crippen LogP contribution in [-0.4, -0.2) is 25.6 Å². The Kier molecular flexibility index (Phi) is 4.92. The van der Waals surface area contributed by atoms with E-state index in [0.717, 1.165) is 0 Å². The van der Waals surface area contributed by atoms with E-state index in [2.05, 4.69) is 0 Å². The number of hydrogen-bond donors (Lipinski definition) is 0. The highest BCUT2D eigenvalue weighted by molar-refractivity contribution is 5.96. The Bertz CT molecular complexity index is 363. The van der Waals surface area contributed by atoms with Gasteiger partial charge in [0, 0.05) is 6.61 Å². The van der Waals surface area contributed by atoms with Crippen molar-refractivity contribution in [2.24, 2.45) is 0 Å². The summed E-state index contributed by atoms with van der Waals surface area (Å²) in [4.78, 5) is 11.2. The fourth-order valence-electron chi connectivity index (χ4n) is 1.28. The minimum absolute atomic E-state index is 0.00898. The molecular formula is C12H15FO3. The number of halogens is 1. The summed E-state index contributed by atoms with van der Waals surface area (Å²) in [6, 6.07) is 4.30. The maximum atomic E-state index is 13.4. The van der Waals surface area contributed by atoms with E-state index in [9.17, 15) is 9.18 Å². The molecule has 0 aliphatic carbocycles. The van der Waals surface area contributed by atoms with Crippen molar-refractivity contribution in [1.82, 2.24) is 0 Å². The summed E-state index contributed by atoms with van der Waals surface area (Å²) in [5.74, 6) is -0.732. The number of ether oxygens (including phenoxy) is 2. The molecule has 0 aromatic heterocycles. The molecule has 0 fully saturated rings. The highest BCUT2D eigenvalue weighted by atomic mass is 19.1. The van der Waals surface area contributed by atoms with Gasteiger partial charge < -0.3 is 9.47 Å². The predicted molar refractivity (Wildman–Crippen MR) is 58.4 cm³/mol. The first-order chi connectivity index (χ1) is 7.66. The van der Waals surface area contributed by atoms with Gasteiger partial charge >= 0.3 is 0 Å². The molecule has 0 N–H and O–H groups in total. The monoisotopic (exact) mass is 226 g/mol. The highest BCUT2D eigenvalue weighted by Crippen LogP contribution is 2.22. The molecule has 0 atom stereocenters. The van der Waals surface area contributed by atoms with E-state index < -0.39 is 5.82 Å². The third-order valence-electron chi connectivity index (χ3n) is 2.02. The Balaban J connectivity index is 2.73. The summed E-state index contributed by atoms with van der Waals surface area (Å²) in [7, 11) is 0. The van der Waals surface area contributed by atoms with Gasteiger partial charge in [-0.15, -0.1) is 0 Å². The molecule has 1 rings (SSSR count). The third-order valence-corrected chi connectivity index (χ3v) is 2.02. The molecule has 0 aliphatic heterocycles. The number of hydrogen-bond acceptors (Lipinski definition) is 3. The van der Waals surface area contributed by atoms with Gasteiger partial charge in [-0.1, -0.05) is 6.07 Å². The SMILES string of the molecule is CCOCCOc1c(F)cccc1C(C)=O. The van der Waals surface area contributed by atoms with Crippen LogP contribution in [0.15, 0.2) is 18.2 Å². The van der Waals surface area contributed by atoms with Crippen molar-refractivity contribution in [1.29, 1.82) is 0 Å². The minimum Gasteiger partial charge on any atom is -0.487 e. The van der Waals surface area contributed by atoms with Crippen molar-refractivity contribution in [3.63, 3.8) is 0 Å². The van der Waals surface area contributed by atoms with Crippen LogP contribution in [-0.2, 0) is 4.74 Å². The molecule has 0 aliphatic rings. The summed E-state index contributed by atoms with van der Waals surface area (Å²) in [6.45, 7) is 4.44. The van der Waals surface area contributed by atoms with Gasteiger partial charge in [-0.2, -0.15) is 0 Å². The molecule has 0 radical (unpaired) electrons. The zero-order chi connectivity index (χ0) is 12.0. The second-order valence-corrected chi connectivity index (χ2v) is 3.22. The number of Topliss-reactive ketones (excluding diaryl/α,β-unsaturated/α-hetero) is 1. The number of benzene rings is 1. The van der Waals surface area contributed by atoms with Gasteiger partial charge in [0.05, 0.1) is 12.2 Å². The molecule has 16 heavy (non-hydrogen) atoms. The van der Waals surface area contributed by atoms with Crippen LogP contribution in [0.2, 0.25) is 0 Å². The van der Waals surface area contributed by atoms with E-state index in [-0.39, 0.29) is 23.7 Å². The van der Waals surface area contributed by atoms with Crippen molar-refractivity contribution in [3.05, 3.63) is 29.6 Å². The summed E-state index contributed by atoms with van der Waals surface area (Å²) in [6.07, 6.45) is 0. The summed E-state index contributed by atoms with van der Waals surface area (Å²) >= 11 is 0. The van der Waals surface area contributed by atoms with Crippen LogP contribution in [0, 0.1) is 5.82 Å². The molecule has 4 heteroatoms. The van der Waals surface area contributed by atoms with Gasteiger partial charge in [-0.3, -0.25) is 4.79 Å². The van der Waals surface area contributed by atoms with Crippen molar-refractivity contribution in [3.8, 4) is 5.75 Å². The number of rotatable bonds is 6. The van der Waals surface area contributed by atoms with Gasteiger partial charge in [0.1, 0.15) is 6.61 Å². The Morgan fingerprint density at radius 2 is 2.12 bits per heavy atom. The Morgan fingerprint density at radius 3 is 2.75 bits per heavy atom. The van der Waals surface area contributed by atoms with Crippen LogP contribution in [0.25, 0.3) is 0 Å². The molecule has 0 heterocycles. The van der Waals surface area contributed by atoms with Crippen LogP contribution in [0.3, 0.4) is 0 Å². The van der Waals surface area contributed by atoms with E-state index in [1.54, 1.807) is 6.07 Å². The molecule has 0 spiro atoms. The fourth-order valence-corrected chi connectivity index (χ4v) is 1.28. The number of carbonyl (C=O) groups excluding carboxylic acids is 1. The maximum absolute atomic E-state index is 13.4. The molecule has 1 aromatic rings. The highest BCUT2D eigenvalue weighted by Gasteiger charge is 2.12. The van der Waals surface area contributed by atoms with Gasteiger partial charge in [0.15, 0.2) is 17.3 Å². The molecule has 3 nitrogen and oxygen atoms in total. The van der Waals surface area contributed by atoms with Crippen LogP contribution < -0.4 is 4.74 Å². The molecule has 0 unspecified atom stereocenters. The molecular weight excluding hydrogens is 211 g/mol. The van der Waals surface area contributed by atoms with Gasteiger partial charge in [-0.25, -0.2) is 4.39 Å². The molecule has 1 aromatic carbocycles. The van der Waals surface area contributed by atoms with Crippen LogP contribution in [0.5, 0.6) is 5.75 Å². The van der Waals surface area contributed by atoms with E-state index in [1.165, 1.54) is 19.1 Å². The molecule has 0 saturated carbocycles. The summed E-state index contributed by atoms with van der Waals surface area (Å²) < 4.78 is 23.7. The van der Waals surface area contributed by atoms with Gasteiger partial charge in [0.2, 0.25) is 0 Å². The second-order valence-electron chi connectivity index (χ2n) is 3.22. The average Bonchev–Trinajstić information content (AvgIpc) is 2.25. The van der Waals surface area contributed by atoms with Crippen LogP contribution >= 0.6 is 0 Å². The van der Waals surface area contributed by atoms with Crippen molar-refractivity contribution >= 4 is 5.78 Å². The van der Waals surface area contributed by atoms with Gasteiger partial charge in [-0.05, 0) is 26.0 Å². The number of para-hydroxylation sites is 1. The maximum Gasteiger partial charge on any atom is 0.165 e. The average molecular weight is 226 g/mol. The third kappa shape index (κ3) is 3.31. The Labute approximate surface area is 94.2 Å². The lowest BCUT2D eigenvalue weighted by Crippen LogP contribution is -2.10. The number of carbonyl (C=O) groups is 1. The first kappa shape index (κ1) is 12.6. The largest absolute Gasteiger partial charge is 0.487 e. The van der Waals surface area contributed by atoms with Crippen molar-refractivity contribution in [2.45, 2.75) is 13.8 Å². The second kappa shape index (κ2) is 6.23. The predicted octanol–water partition coefficient (Wildman–Crippen LogP) is 2.44. The lowest BCUT2D eigenvalue weighted by atomic mass is 10.1. The van der Waals surface area contributed by atoms with E-state index in [0.29, 0.717) is 13.2 Å². The van der Waals surface area contributed by atoms with Crippen molar-refractivity contribution < 1.29 is 18.7 Å². The summed E-state index contributed by atoms with van der Waals surface area (Å²) in [5, 5.41) is 0. The lowest BCUT2D eigenvalue weighted by molar-refractivity contribution is 0.0984. The number of ketones is 1. The zero-order valence-corrected chi connectivity index (χ0v) is 9.46. The Morgan fingerprint density at radius 1 is 1.38 bits per heavy atom. The standard InChI is InChI=1S/C12H15FO3/c1-3-15-7-8-16-12-10(9(2)14)5-4-6-11(12)13/h4-6H,3,7-8H2,1-2H3. The van der Waals surface area contributed by atoms with Gasteiger partial charge in [0.25, 0.3) is 0 Å². The molecule has 88 valence electrons. The quantitative estimate of drug-likeness (QED) is 0.552. The van der Waals surface area contributed by atoms with E-state index in [4.69, 9.17) is 9.47 Å². The Hall–Kier alpha value is -1.42. The molecule has 0 amide bonds. The molecule has 0 bridgehead atoms. The smallest absolute Gasteiger partial charge is 0.165 e. The zero-order valence-electron chi connectivity index (χ0n) is 9.46. The van der Waals surface area contributed by atoms with E-state index >= 15 is 0 Å². The fraction of sp³-hybridized carbons (Fsp3) is 0.417. The molecule has 0 saturated heterocycles. The van der Waals surface area contributed by atoms with Crippen molar-refractivity contribution in [2.75, 3.05) is 19.8 Å². The van der Waals surface area contributed by atoms with E-state index in [1.807, 2.05) is 6.92 Å². The first-order valence-electron chi connectivity index (χ1n) is 5.16.